The molecule has 0 radical (unpaired) electrons. The van der Waals surface area contributed by atoms with Crippen LogP contribution >= 0.6 is 0 Å². The second-order valence-electron chi connectivity index (χ2n) is 5.77. The summed E-state index contributed by atoms with van der Waals surface area (Å²) in [5.41, 5.74) is -0.807. The number of non-ortho nitro benzene ring substituents is 2. The van der Waals surface area contributed by atoms with E-state index < -0.39 is 41.5 Å². The minimum atomic E-state index is -4.22. The van der Waals surface area contributed by atoms with Gasteiger partial charge in [0.1, 0.15) is 9.79 Å². The molecule has 12 nitrogen and oxygen atoms in total. The van der Waals surface area contributed by atoms with Gasteiger partial charge in [0, 0.05) is 24.3 Å². The van der Waals surface area contributed by atoms with Crippen LogP contribution in [0.15, 0.2) is 58.3 Å². The van der Waals surface area contributed by atoms with E-state index in [-0.39, 0.29) is 35.8 Å². The zero-order valence-electron chi connectivity index (χ0n) is 15.2. The van der Waals surface area contributed by atoms with Gasteiger partial charge in [0.05, 0.1) is 23.1 Å². The average Bonchev–Trinajstić information content (AvgIpc) is 2.70. The Morgan fingerprint density at radius 1 is 0.700 bits per heavy atom. The lowest BCUT2D eigenvalue weighted by atomic mass is 10.3. The van der Waals surface area contributed by atoms with Gasteiger partial charge in [-0.2, -0.15) is 16.8 Å². The number of unbranched alkanes of at least 4 members (excludes halogenated alkanes) is 1. The molecule has 0 aromatic heterocycles. The third kappa shape index (κ3) is 6.28. The lowest BCUT2D eigenvalue weighted by Gasteiger charge is -2.07. The summed E-state index contributed by atoms with van der Waals surface area (Å²) < 4.78 is 57.7. The highest BCUT2D eigenvalue weighted by Gasteiger charge is 2.20. The van der Waals surface area contributed by atoms with Crippen molar-refractivity contribution in [2.45, 2.75) is 22.6 Å². The van der Waals surface area contributed by atoms with Crippen molar-refractivity contribution in [1.82, 2.24) is 0 Å². The Hall–Kier alpha value is -2.94. The molecule has 0 unspecified atom stereocenters. The quantitative estimate of drug-likeness (QED) is 0.210. The van der Waals surface area contributed by atoms with Gasteiger partial charge in [-0.1, -0.05) is 12.1 Å². The van der Waals surface area contributed by atoms with E-state index in [1.54, 1.807) is 0 Å². The maximum atomic E-state index is 12.0. The highest BCUT2D eigenvalue weighted by molar-refractivity contribution is 7.87. The Morgan fingerprint density at radius 2 is 1.07 bits per heavy atom. The largest absolute Gasteiger partial charge is 0.297 e. The molecular weight excluding hydrogens is 444 g/mol. The third-order valence-electron chi connectivity index (χ3n) is 3.65. The molecule has 0 N–H and O–H groups in total. The van der Waals surface area contributed by atoms with Gasteiger partial charge in [-0.3, -0.25) is 28.6 Å². The second kappa shape index (κ2) is 9.71. The normalized spacial score (nSPS) is 11.9. The van der Waals surface area contributed by atoms with Crippen molar-refractivity contribution >= 4 is 31.6 Å². The molecular formula is C16H16N2O10S2. The molecule has 2 aromatic rings. The highest BCUT2D eigenvalue weighted by atomic mass is 32.2. The van der Waals surface area contributed by atoms with Gasteiger partial charge >= 0.3 is 0 Å². The van der Waals surface area contributed by atoms with Crippen molar-refractivity contribution in [2.75, 3.05) is 13.2 Å². The van der Waals surface area contributed by atoms with E-state index in [9.17, 15) is 37.1 Å². The summed E-state index contributed by atoms with van der Waals surface area (Å²) in [6.45, 7) is -0.601. The van der Waals surface area contributed by atoms with Gasteiger partial charge in [0.15, 0.2) is 0 Å². The first kappa shape index (κ1) is 23.3. The van der Waals surface area contributed by atoms with Crippen LogP contribution in [0.1, 0.15) is 12.8 Å². The van der Waals surface area contributed by atoms with Crippen molar-refractivity contribution in [1.29, 1.82) is 0 Å². The van der Waals surface area contributed by atoms with Crippen molar-refractivity contribution in [3.8, 4) is 0 Å². The lowest BCUT2D eigenvalue weighted by Crippen LogP contribution is -2.10. The highest BCUT2D eigenvalue weighted by Crippen LogP contribution is 2.20. The number of rotatable bonds is 11. The Labute approximate surface area is 171 Å². The number of hydrogen-bond acceptors (Lipinski definition) is 10. The zero-order valence-corrected chi connectivity index (χ0v) is 16.9. The molecule has 0 saturated heterocycles. The molecule has 0 saturated carbocycles. The SMILES string of the molecule is O=[N+]([O-])c1cccc(S(=O)(=O)OCCCCOS(=O)(=O)c2cccc([N+](=O)[O-])c2)c1. The fourth-order valence-corrected chi connectivity index (χ4v) is 4.15. The topological polar surface area (TPSA) is 173 Å². The molecule has 0 aliphatic rings. The number of hydrogen-bond donors (Lipinski definition) is 0. The fourth-order valence-electron chi connectivity index (χ4n) is 2.18. The summed E-state index contributed by atoms with van der Waals surface area (Å²) in [5, 5.41) is 21.4. The smallest absolute Gasteiger partial charge is 0.266 e. The Kier molecular flexibility index (Phi) is 7.55. The van der Waals surface area contributed by atoms with Gasteiger partial charge in [-0.05, 0) is 25.0 Å². The van der Waals surface area contributed by atoms with E-state index in [4.69, 9.17) is 8.37 Å². The van der Waals surface area contributed by atoms with E-state index in [1.165, 1.54) is 12.1 Å². The van der Waals surface area contributed by atoms with E-state index in [0.29, 0.717) is 0 Å². The number of nitrogens with zero attached hydrogens (tertiary/aromatic N) is 2. The predicted molar refractivity (Wildman–Crippen MR) is 102 cm³/mol. The van der Waals surface area contributed by atoms with Crippen molar-refractivity contribution in [2.24, 2.45) is 0 Å². The summed E-state index contributed by atoms with van der Waals surface area (Å²) in [7, 11) is -8.43. The molecule has 0 bridgehead atoms. The minimum Gasteiger partial charge on any atom is -0.266 e. The molecule has 14 heteroatoms. The zero-order chi connectivity index (χ0) is 22.4. The summed E-state index contributed by atoms with van der Waals surface area (Å²) in [4.78, 5) is 19.2. The summed E-state index contributed by atoms with van der Waals surface area (Å²) in [5.74, 6) is 0. The minimum absolute atomic E-state index is 0.110. The first-order valence-corrected chi connectivity index (χ1v) is 11.1. The molecule has 0 aliphatic heterocycles. The Bertz CT molecular complexity index is 1050. The Balaban J connectivity index is 1.84. The maximum absolute atomic E-state index is 12.0. The number of benzene rings is 2. The van der Waals surface area contributed by atoms with E-state index in [0.717, 1.165) is 36.4 Å². The van der Waals surface area contributed by atoms with Crippen LogP contribution in [0.3, 0.4) is 0 Å². The van der Waals surface area contributed by atoms with Crippen LogP contribution in [-0.4, -0.2) is 39.9 Å². The molecule has 0 atom stereocenters. The first-order chi connectivity index (χ1) is 14.0. The average molecular weight is 460 g/mol. The maximum Gasteiger partial charge on any atom is 0.297 e. The molecule has 2 rings (SSSR count). The summed E-state index contributed by atoms with van der Waals surface area (Å²) >= 11 is 0. The molecule has 0 aliphatic carbocycles. The lowest BCUT2D eigenvalue weighted by molar-refractivity contribution is -0.385. The van der Waals surface area contributed by atoms with Crippen LogP contribution < -0.4 is 0 Å². The van der Waals surface area contributed by atoms with Gasteiger partial charge in [-0.25, -0.2) is 0 Å². The third-order valence-corrected chi connectivity index (χ3v) is 6.27. The van der Waals surface area contributed by atoms with Gasteiger partial charge < -0.3 is 0 Å². The molecule has 0 spiro atoms. The number of nitro groups is 2. The van der Waals surface area contributed by atoms with Gasteiger partial charge in [-0.15, -0.1) is 0 Å². The van der Waals surface area contributed by atoms with Crippen LogP contribution in [0.25, 0.3) is 0 Å². The van der Waals surface area contributed by atoms with Crippen molar-refractivity contribution in [3.05, 3.63) is 68.8 Å². The van der Waals surface area contributed by atoms with Crippen LogP contribution in [0.2, 0.25) is 0 Å². The summed E-state index contributed by atoms with van der Waals surface area (Å²) in [6, 6.07) is 8.72. The second-order valence-corrected chi connectivity index (χ2v) is 9.00. The number of nitro benzene ring substituents is 2. The predicted octanol–water partition coefficient (Wildman–Crippen LogP) is 2.39. The Morgan fingerprint density at radius 3 is 1.40 bits per heavy atom. The molecule has 162 valence electrons. The first-order valence-electron chi connectivity index (χ1n) is 8.31. The van der Waals surface area contributed by atoms with Gasteiger partial charge in [0.25, 0.3) is 31.6 Å². The standard InChI is InChI=1S/C16H16N2O10S2/c19-17(20)13-5-3-7-15(11-13)29(23,24)27-9-1-2-10-28-30(25,26)16-8-4-6-14(12-16)18(21)22/h3-8,11-12H,1-2,9-10H2. The molecule has 0 fully saturated rings. The fraction of sp³-hybridized carbons (Fsp3) is 0.250. The van der Waals surface area contributed by atoms with Crippen molar-refractivity contribution in [3.63, 3.8) is 0 Å². The summed E-state index contributed by atoms with van der Waals surface area (Å²) in [6.07, 6.45) is 0.219. The monoisotopic (exact) mass is 460 g/mol. The molecule has 30 heavy (non-hydrogen) atoms. The van der Waals surface area contributed by atoms with Crippen LogP contribution in [0.5, 0.6) is 0 Å². The van der Waals surface area contributed by atoms with E-state index in [1.807, 2.05) is 0 Å². The van der Waals surface area contributed by atoms with Crippen LogP contribution in [0.4, 0.5) is 11.4 Å². The van der Waals surface area contributed by atoms with Crippen molar-refractivity contribution < 1.29 is 35.0 Å². The van der Waals surface area contributed by atoms with Crippen LogP contribution in [0, 0.1) is 20.2 Å². The van der Waals surface area contributed by atoms with E-state index in [2.05, 4.69) is 0 Å². The van der Waals surface area contributed by atoms with Crippen LogP contribution in [-0.2, 0) is 28.6 Å². The molecule has 0 heterocycles. The van der Waals surface area contributed by atoms with Gasteiger partial charge in [0.2, 0.25) is 0 Å². The molecule has 0 amide bonds. The molecule has 2 aromatic carbocycles. The van der Waals surface area contributed by atoms with E-state index >= 15 is 0 Å².